The van der Waals surface area contributed by atoms with Crippen LogP contribution < -0.4 is 9.47 Å². The Bertz CT molecular complexity index is 757. The Labute approximate surface area is 146 Å². The lowest BCUT2D eigenvalue weighted by Crippen LogP contribution is -2.39. The zero-order chi connectivity index (χ0) is 17.2. The first-order valence-corrected chi connectivity index (χ1v) is 8.50. The van der Waals surface area contributed by atoms with Gasteiger partial charge < -0.3 is 19.5 Å². The van der Waals surface area contributed by atoms with E-state index in [2.05, 4.69) is 4.98 Å². The van der Waals surface area contributed by atoms with Gasteiger partial charge in [0.1, 0.15) is 0 Å². The number of hydrogen-bond donors (Lipinski definition) is 1. The van der Waals surface area contributed by atoms with Crippen molar-refractivity contribution in [1.29, 1.82) is 0 Å². The monoisotopic (exact) mass is 340 g/mol. The van der Waals surface area contributed by atoms with Crippen molar-refractivity contribution < 1.29 is 19.4 Å². The van der Waals surface area contributed by atoms with Crippen molar-refractivity contribution in [2.45, 2.75) is 18.9 Å². The van der Waals surface area contributed by atoms with E-state index in [0.717, 1.165) is 12.8 Å². The molecule has 6 heteroatoms. The molecule has 1 aromatic carbocycles. The molecule has 25 heavy (non-hydrogen) atoms. The Balaban J connectivity index is 1.39. The van der Waals surface area contributed by atoms with Gasteiger partial charge in [-0.2, -0.15) is 0 Å². The van der Waals surface area contributed by atoms with Crippen LogP contribution in [0.15, 0.2) is 42.6 Å². The Morgan fingerprint density at radius 3 is 2.72 bits per heavy atom. The lowest BCUT2D eigenvalue weighted by Gasteiger charge is -2.34. The van der Waals surface area contributed by atoms with Crippen molar-refractivity contribution >= 4 is 5.91 Å². The number of nitrogens with zero attached hydrogens (tertiary/aromatic N) is 2. The summed E-state index contributed by atoms with van der Waals surface area (Å²) < 4.78 is 10.6. The third-order valence-electron chi connectivity index (χ3n) is 4.88. The van der Waals surface area contributed by atoms with Crippen LogP contribution in [0.2, 0.25) is 0 Å². The van der Waals surface area contributed by atoms with Crippen LogP contribution in [0.5, 0.6) is 11.5 Å². The quantitative estimate of drug-likeness (QED) is 0.929. The number of carbonyl (C=O) groups is 1. The van der Waals surface area contributed by atoms with Crippen molar-refractivity contribution in [2.75, 3.05) is 19.9 Å². The summed E-state index contributed by atoms with van der Waals surface area (Å²) in [6.07, 6.45) is 2.63. The molecule has 2 aromatic rings. The van der Waals surface area contributed by atoms with E-state index in [4.69, 9.17) is 9.47 Å². The molecule has 0 aliphatic carbocycles. The zero-order valence-corrected chi connectivity index (χ0v) is 13.8. The number of hydrogen-bond acceptors (Lipinski definition) is 5. The summed E-state index contributed by atoms with van der Waals surface area (Å²) >= 11 is 0. The minimum Gasteiger partial charge on any atom is -0.454 e. The van der Waals surface area contributed by atoms with E-state index >= 15 is 0 Å². The minimum absolute atomic E-state index is 0.0101. The fourth-order valence-corrected chi connectivity index (χ4v) is 3.42. The number of fused-ring (bicyclic) bond motifs is 1. The molecule has 2 aliphatic heterocycles. The van der Waals surface area contributed by atoms with Crippen molar-refractivity contribution in [1.82, 2.24) is 9.88 Å². The molecule has 0 saturated carbocycles. The number of carbonyl (C=O) groups excluding carboxylic acids is 1. The summed E-state index contributed by atoms with van der Waals surface area (Å²) in [6.45, 7) is 1.45. The Hall–Kier alpha value is -2.60. The maximum atomic E-state index is 12.7. The molecule has 1 fully saturated rings. The van der Waals surface area contributed by atoms with Crippen LogP contribution in [-0.2, 0) is 0 Å². The molecule has 4 rings (SSSR count). The van der Waals surface area contributed by atoms with Gasteiger partial charge in [-0.25, -0.2) is 0 Å². The summed E-state index contributed by atoms with van der Waals surface area (Å²) in [6, 6.07) is 10.8. The predicted molar refractivity (Wildman–Crippen MR) is 90.4 cm³/mol. The first-order valence-electron chi connectivity index (χ1n) is 8.50. The van der Waals surface area contributed by atoms with E-state index in [1.54, 1.807) is 24.4 Å². The highest BCUT2D eigenvalue weighted by Gasteiger charge is 2.29. The van der Waals surface area contributed by atoms with E-state index < -0.39 is 6.10 Å². The second kappa shape index (κ2) is 6.72. The van der Waals surface area contributed by atoms with Crippen molar-refractivity contribution in [3.05, 3.63) is 53.9 Å². The van der Waals surface area contributed by atoms with Crippen molar-refractivity contribution in [2.24, 2.45) is 5.92 Å². The van der Waals surface area contributed by atoms with E-state index in [9.17, 15) is 9.90 Å². The molecular formula is C19H20N2O4. The maximum absolute atomic E-state index is 12.7. The van der Waals surface area contributed by atoms with Gasteiger partial charge in [0.05, 0.1) is 11.8 Å². The van der Waals surface area contributed by atoms with Crippen LogP contribution in [0.1, 0.15) is 35.0 Å². The molecule has 1 aromatic heterocycles. The average molecular weight is 340 g/mol. The van der Waals surface area contributed by atoms with Crippen LogP contribution >= 0.6 is 0 Å². The molecule has 0 radical (unpaired) electrons. The molecule has 3 heterocycles. The largest absolute Gasteiger partial charge is 0.454 e. The van der Waals surface area contributed by atoms with E-state index in [0.29, 0.717) is 35.8 Å². The first-order chi connectivity index (χ1) is 12.2. The number of pyridine rings is 1. The minimum atomic E-state index is -0.580. The highest BCUT2D eigenvalue weighted by molar-refractivity contribution is 5.95. The van der Waals surface area contributed by atoms with E-state index in [1.165, 1.54) is 0 Å². The van der Waals surface area contributed by atoms with Crippen molar-refractivity contribution in [3.8, 4) is 11.5 Å². The molecule has 0 bridgehead atoms. The first kappa shape index (κ1) is 15.9. The third-order valence-corrected chi connectivity index (χ3v) is 4.88. The number of ether oxygens (including phenoxy) is 2. The molecule has 1 N–H and O–H groups in total. The number of aliphatic hydroxyl groups excluding tert-OH is 1. The Kier molecular flexibility index (Phi) is 4.28. The summed E-state index contributed by atoms with van der Waals surface area (Å²) in [5.41, 5.74) is 1.30. The summed E-state index contributed by atoms with van der Waals surface area (Å²) in [5.74, 6) is 1.40. The number of rotatable bonds is 3. The van der Waals surface area contributed by atoms with Gasteiger partial charge in [-0.15, -0.1) is 0 Å². The van der Waals surface area contributed by atoms with Gasteiger partial charge in [0, 0.05) is 24.8 Å². The molecule has 0 spiro atoms. The van der Waals surface area contributed by atoms with Crippen molar-refractivity contribution in [3.63, 3.8) is 0 Å². The fourth-order valence-electron chi connectivity index (χ4n) is 3.42. The van der Waals surface area contributed by atoms with Gasteiger partial charge in [-0.3, -0.25) is 9.78 Å². The number of amides is 1. The summed E-state index contributed by atoms with van der Waals surface area (Å²) in [5, 5.41) is 10.5. The average Bonchev–Trinajstić information content (AvgIpc) is 3.15. The Morgan fingerprint density at radius 1 is 1.16 bits per heavy atom. The van der Waals surface area contributed by atoms with E-state index in [-0.39, 0.29) is 18.6 Å². The highest BCUT2D eigenvalue weighted by atomic mass is 16.7. The van der Waals surface area contributed by atoms with Gasteiger partial charge in [-0.05, 0) is 49.1 Å². The molecule has 1 unspecified atom stereocenters. The van der Waals surface area contributed by atoms with Gasteiger partial charge >= 0.3 is 0 Å². The topological polar surface area (TPSA) is 71.9 Å². The van der Waals surface area contributed by atoms with Crippen LogP contribution in [0, 0.1) is 5.92 Å². The highest BCUT2D eigenvalue weighted by Crippen LogP contribution is 2.34. The fraction of sp³-hybridized carbons (Fsp3) is 0.368. The Morgan fingerprint density at radius 2 is 1.96 bits per heavy atom. The zero-order valence-electron chi connectivity index (χ0n) is 13.8. The van der Waals surface area contributed by atoms with Crippen LogP contribution in [0.3, 0.4) is 0 Å². The second-order valence-corrected chi connectivity index (χ2v) is 6.40. The maximum Gasteiger partial charge on any atom is 0.253 e. The lowest BCUT2D eigenvalue weighted by atomic mass is 9.89. The number of likely N-dealkylation sites (tertiary alicyclic amines) is 1. The van der Waals surface area contributed by atoms with Gasteiger partial charge in [0.15, 0.2) is 11.5 Å². The van der Waals surface area contributed by atoms with Crippen LogP contribution in [-0.4, -0.2) is 40.8 Å². The summed E-state index contributed by atoms with van der Waals surface area (Å²) in [4.78, 5) is 18.8. The number of aliphatic hydroxyl groups is 1. The number of piperidine rings is 1. The third kappa shape index (κ3) is 3.17. The molecule has 1 amide bonds. The predicted octanol–water partition coefficient (Wildman–Crippen LogP) is 2.40. The van der Waals surface area contributed by atoms with Gasteiger partial charge in [0.2, 0.25) is 6.79 Å². The summed E-state index contributed by atoms with van der Waals surface area (Å²) in [7, 11) is 0. The second-order valence-electron chi connectivity index (χ2n) is 6.40. The lowest BCUT2D eigenvalue weighted by molar-refractivity contribution is 0.0447. The molecule has 2 aliphatic rings. The molecule has 1 atom stereocenters. The van der Waals surface area contributed by atoms with Crippen LogP contribution in [0.25, 0.3) is 0 Å². The SMILES string of the molecule is O=C(c1ccc2c(c1)OCO2)N1CCC(C(O)c2ccccn2)CC1. The molecule has 130 valence electrons. The van der Waals surface area contributed by atoms with E-state index in [1.807, 2.05) is 23.1 Å². The van der Waals surface area contributed by atoms with Gasteiger partial charge in [0.25, 0.3) is 5.91 Å². The smallest absolute Gasteiger partial charge is 0.253 e. The number of benzene rings is 1. The standard InChI is InChI=1S/C19H20N2O4/c22-18(15-3-1-2-8-20-15)13-6-9-21(10-7-13)19(23)14-4-5-16-17(11-14)25-12-24-16/h1-5,8,11,13,18,22H,6-7,9-10,12H2. The normalized spacial score (nSPS) is 18.2. The molecular weight excluding hydrogens is 320 g/mol. The van der Waals surface area contributed by atoms with Gasteiger partial charge in [-0.1, -0.05) is 6.07 Å². The van der Waals surface area contributed by atoms with Crippen LogP contribution in [0.4, 0.5) is 0 Å². The number of aromatic nitrogens is 1. The molecule has 1 saturated heterocycles. The molecule has 6 nitrogen and oxygen atoms in total.